The van der Waals surface area contributed by atoms with Crippen LogP contribution in [-0.4, -0.2) is 9.97 Å². The summed E-state index contributed by atoms with van der Waals surface area (Å²) in [7, 11) is 0. The van der Waals surface area contributed by atoms with E-state index in [0.29, 0.717) is 0 Å². The maximum Gasteiger partial charge on any atom is 0.0943 e. The molecule has 0 spiro atoms. The van der Waals surface area contributed by atoms with E-state index in [1.165, 1.54) is 33.0 Å². The molecule has 2 heterocycles. The molecule has 0 unspecified atom stereocenters. The molecule has 1 aliphatic carbocycles. The first kappa shape index (κ1) is 15.6. The van der Waals surface area contributed by atoms with Gasteiger partial charge in [-0.05, 0) is 40.5 Å². The van der Waals surface area contributed by atoms with Gasteiger partial charge in [0.1, 0.15) is 0 Å². The van der Waals surface area contributed by atoms with Crippen LogP contribution in [0.4, 0.5) is 0 Å². The number of fused-ring (bicyclic) bond motifs is 6. The Labute approximate surface area is 163 Å². The average Bonchev–Trinajstić information content (AvgIpc) is 3.22. The third-order valence-electron chi connectivity index (χ3n) is 6.28. The molecular weight excluding hydrogens is 340 g/mol. The van der Waals surface area contributed by atoms with E-state index in [2.05, 4.69) is 91.6 Å². The van der Waals surface area contributed by atoms with Crippen molar-refractivity contribution in [3.63, 3.8) is 0 Å². The van der Waals surface area contributed by atoms with Crippen molar-refractivity contribution >= 4 is 21.8 Å². The number of aromatic nitrogens is 2. The standard InChI is InChI=1S/C26H20N2/c1-26(2)21-9-5-3-7-17(21)18-12-11-16(15-22(18)26)24-25-20(13-14-27-24)19-8-4-6-10-23(19)28-25/h3-15,28H,1-2H3. The number of nitrogens with zero attached hydrogens (tertiary/aromatic N) is 1. The van der Waals surface area contributed by atoms with Crippen molar-refractivity contribution in [2.45, 2.75) is 19.3 Å². The molecule has 1 aliphatic rings. The summed E-state index contributed by atoms with van der Waals surface area (Å²) < 4.78 is 0. The van der Waals surface area contributed by atoms with E-state index < -0.39 is 0 Å². The number of rotatable bonds is 1. The van der Waals surface area contributed by atoms with Crippen LogP contribution in [0.2, 0.25) is 0 Å². The molecule has 0 saturated carbocycles. The van der Waals surface area contributed by atoms with E-state index in [0.717, 1.165) is 22.3 Å². The fraction of sp³-hybridized carbons (Fsp3) is 0.115. The molecule has 6 rings (SSSR count). The lowest BCUT2D eigenvalue weighted by Crippen LogP contribution is -2.14. The summed E-state index contributed by atoms with van der Waals surface area (Å²) in [5, 5.41) is 2.47. The smallest absolute Gasteiger partial charge is 0.0943 e. The Balaban J connectivity index is 1.61. The Kier molecular flexibility index (Phi) is 2.98. The minimum atomic E-state index is -0.00369. The summed E-state index contributed by atoms with van der Waals surface area (Å²) in [6, 6.07) is 26.1. The van der Waals surface area contributed by atoms with E-state index in [9.17, 15) is 0 Å². The fourth-order valence-electron chi connectivity index (χ4n) is 4.84. The van der Waals surface area contributed by atoms with Crippen LogP contribution in [0.25, 0.3) is 44.2 Å². The minimum absolute atomic E-state index is 0.00369. The summed E-state index contributed by atoms with van der Waals surface area (Å²) in [5.74, 6) is 0. The van der Waals surface area contributed by atoms with Gasteiger partial charge in [-0.15, -0.1) is 0 Å². The summed E-state index contributed by atoms with van der Waals surface area (Å²) in [4.78, 5) is 8.35. The summed E-state index contributed by atoms with van der Waals surface area (Å²) >= 11 is 0. The number of H-pyrrole nitrogens is 1. The Bertz CT molecular complexity index is 1390. The number of nitrogens with one attached hydrogen (secondary N) is 1. The van der Waals surface area contributed by atoms with Gasteiger partial charge in [-0.3, -0.25) is 4.98 Å². The zero-order chi connectivity index (χ0) is 18.9. The molecule has 3 aromatic carbocycles. The number of benzene rings is 3. The van der Waals surface area contributed by atoms with Crippen LogP contribution in [0.5, 0.6) is 0 Å². The predicted octanol–water partition coefficient (Wildman–Crippen LogP) is 6.69. The number of hydrogen-bond donors (Lipinski definition) is 1. The zero-order valence-corrected chi connectivity index (χ0v) is 16.0. The van der Waals surface area contributed by atoms with Crippen LogP contribution in [-0.2, 0) is 5.41 Å². The van der Waals surface area contributed by atoms with Crippen LogP contribution in [0, 0.1) is 0 Å². The van der Waals surface area contributed by atoms with Crippen molar-refractivity contribution < 1.29 is 0 Å². The highest BCUT2D eigenvalue weighted by atomic mass is 14.8. The Hall–Kier alpha value is -3.39. The number of para-hydroxylation sites is 1. The average molecular weight is 360 g/mol. The molecule has 0 saturated heterocycles. The normalized spacial score (nSPS) is 14.4. The molecule has 2 aromatic heterocycles. The van der Waals surface area contributed by atoms with Gasteiger partial charge >= 0.3 is 0 Å². The zero-order valence-electron chi connectivity index (χ0n) is 16.0. The Morgan fingerprint density at radius 2 is 1.54 bits per heavy atom. The summed E-state index contributed by atoms with van der Waals surface area (Å²) in [6.45, 7) is 4.64. The van der Waals surface area contributed by atoms with Gasteiger partial charge in [-0.2, -0.15) is 0 Å². The van der Waals surface area contributed by atoms with E-state index in [1.807, 2.05) is 6.20 Å². The topological polar surface area (TPSA) is 28.7 Å². The predicted molar refractivity (Wildman–Crippen MR) is 117 cm³/mol. The van der Waals surface area contributed by atoms with E-state index >= 15 is 0 Å². The summed E-state index contributed by atoms with van der Waals surface area (Å²) in [5.41, 5.74) is 9.91. The van der Waals surface area contributed by atoms with Crippen LogP contribution in [0.15, 0.2) is 79.0 Å². The van der Waals surface area contributed by atoms with Gasteiger partial charge < -0.3 is 4.98 Å². The molecule has 2 heteroatoms. The lowest BCUT2D eigenvalue weighted by atomic mass is 9.82. The molecule has 2 nitrogen and oxygen atoms in total. The maximum atomic E-state index is 4.76. The van der Waals surface area contributed by atoms with Gasteiger partial charge in [-0.25, -0.2) is 0 Å². The third kappa shape index (κ3) is 1.95. The minimum Gasteiger partial charge on any atom is -0.353 e. The monoisotopic (exact) mass is 360 g/mol. The second kappa shape index (κ2) is 5.32. The molecule has 0 bridgehead atoms. The molecular formula is C26H20N2. The summed E-state index contributed by atoms with van der Waals surface area (Å²) in [6.07, 6.45) is 1.92. The highest BCUT2D eigenvalue weighted by Gasteiger charge is 2.35. The van der Waals surface area contributed by atoms with Gasteiger partial charge in [0, 0.05) is 33.5 Å². The molecule has 0 amide bonds. The molecule has 28 heavy (non-hydrogen) atoms. The van der Waals surface area contributed by atoms with Crippen molar-refractivity contribution in [3.05, 3.63) is 90.1 Å². The molecule has 0 atom stereocenters. The highest BCUT2D eigenvalue weighted by Crippen LogP contribution is 2.49. The van der Waals surface area contributed by atoms with Crippen LogP contribution >= 0.6 is 0 Å². The quantitative estimate of drug-likeness (QED) is 0.354. The lowest BCUT2D eigenvalue weighted by Gasteiger charge is -2.21. The molecule has 134 valence electrons. The lowest BCUT2D eigenvalue weighted by molar-refractivity contribution is 0.660. The first-order chi connectivity index (χ1) is 13.6. The van der Waals surface area contributed by atoms with Crippen molar-refractivity contribution in [2.24, 2.45) is 0 Å². The maximum absolute atomic E-state index is 4.76. The molecule has 1 N–H and O–H groups in total. The number of pyridine rings is 1. The van der Waals surface area contributed by atoms with E-state index in [1.54, 1.807) is 0 Å². The van der Waals surface area contributed by atoms with Crippen molar-refractivity contribution in [1.29, 1.82) is 0 Å². The largest absolute Gasteiger partial charge is 0.353 e. The second-order valence-electron chi connectivity index (χ2n) is 8.18. The van der Waals surface area contributed by atoms with E-state index in [4.69, 9.17) is 4.98 Å². The fourth-order valence-corrected chi connectivity index (χ4v) is 4.84. The van der Waals surface area contributed by atoms with Gasteiger partial charge in [0.15, 0.2) is 0 Å². The van der Waals surface area contributed by atoms with E-state index in [-0.39, 0.29) is 5.41 Å². The van der Waals surface area contributed by atoms with Crippen LogP contribution < -0.4 is 0 Å². The Morgan fingerprint density at radius 1 is 0.750 bits per heavy atom. The van der Waals surface area contributed by atoms with Crippen LogP contribution in [0.3, 0.4) is 0 Å². The van der Waals surface area contributed by atoms with Gasteiger partial charge in [0.25, 0.3) is 0 Å². The molecule has 0 radical (unpaired) electrons. The highest BCUT2D eigenvalue weighted by molar-refractivity contribution is 6.11. The SMILES string of the molecule is CC1(C)c2ccccc2-c2ccc(-c3nccc4c3[nH]c3ccccc34)cc21. The van der Waals surface area contributed by atoms with Gasteiger partial charge in [-0.1, -0.05) is 68.4 Å². The van der Waals surface area contributed by atoms with Crippen LogP contribution in [0.1, 0.15) is 25.0 Å². The third-order valence-corrected chi connectivity index (χ3v) is 6.28. The molecule has 0 fully saturated rings. The van der Waals surface area contributed by atoms with Crippen molar-refractivity contribution in [2.75, 3.05) is 0 Å². The first-order valence-corrected chi connectivity index (χ1v) is 9.75. The molecule has 0 aliphatic heterocycles. The Morgan fingerprint density at radius 3 is 2.46 bits per heavy atom. The van der Waals surface area contributed by atoms with Gasteiger partial charge in [0.2, 0.25) is 0 Å². The number of hydrogen-bond acceptors (Lipinski definition) is 1. The second-order valence-corrected chi connectivity index (χ2v) is 8.18. The number of aromatic amines is 1. The van der Waals surface area contributed by atoms with Crippen molar-refractivity contribution in [1.82, 2.24) is 9.97 Å². The van der Waals surface area contributed by atoms with Gasteiger partial charge in [0.05, 0.1) is 11.2 Å². The first-order valence-electron chi connectivity index (χ1n) is 9.75. The molecule has 5 aromatic rings. The van der Waals surface area contributed by atoms with Crippen molar-refractivity contribution in [3.8, 4) is 22.4 Å².